The molecule has 1 atom stereocenters. The van der Waals surface area contributed by atoms with E-state index in [1.807, 2.05) is 0 Å². The molecule has 30 heavy (non-hydrogen) atoms. The topological polar surface area (TPSA) is 65.1 Å². The summed E-state index contributed by atoms with van der Waals surface area (Å²) in [4.78, 5) is 26.2. The SMILES string of the molecule is O=C1N(Cc2nc3nc(F)ccc3[nH]2)CC(Cc2ccc(Cl)cc2Cl)N1CC(F)F. The lowest BCUT2D eigenvalue weighted by Gasteiger charge is -2.23. The molecular formula is C19H16Cl2F3N5O. The zero-order chi connectivity index (χ0) is 21.4. The first-order chi connectivity index (χ1) is 14.3. The highest BCUT2D eigenvalue weighted by atomic mass is 35.5. The lowest BCUT2D eigenvalue weighted by Crippen LogP contribution is -2.39. The van der Waals surface area contributed by atoms with Gasteiger partial charge < -0.3 is 14.8 Å². The second-order valence-corrected chi connectivity index (χ2v) is 7.83. The van der Waals surface area contributed by atoms with Crippen LogP contribution in [0.2, 0.25) is 10.0 Å². The van der Waals surface area contributed by atoms with Crippen LogP contribution < -0.4 is 0 Å². The fraction of sp³-hybridized carbons (Fsp3) is 0.316. The number of rotatable bonds is 6. The molecule has 2 amide bonds. The summed E-state index contributed by atoms with van der Waals surface area (Å²) in [7, 11) is 0. The first-order valence-electron chi connectivity index (χ1n) is 9.09. The monoisotopic (exact) mass is 457 g/mol. The van der Waals surface area contributed by atoms with Crippen molar-refractivity contribution >= 4 is 40.4 Å². The van der Waals surface area contributed by atoms with Gasteiger partial charge in [0.15, 0.2) is 5.65 Å². The van der Waals surface area contributed by atoms with Crippen LogP contribution in [-0.4, -0.2) is 56.3 Å². The number of H-pyrrole nitrogens is 1. The Morgan fingerprint density at radius 2 is 2.00 bits per heavy atom. The summed E-state index contributed by atoms with van der Waals surface area (Å²) in [5.74, 6) is -0.278. The second kappa shape index (κ2) is 8.31. The van der Waals surface area contributed by atoms with Crippen LogP contribution in [-0.2, 0) is 13.0 Å². The van der Waals surface area contributed by atoms with E-state index in [9.17, 15) is 18.0 Å². The smallest absolute Gasteiger partial charge is 0.321 e. The number of aromatic nitrogens is 3. The van der Waals surface area contributed by atoms with Crippen molar-refractivity contribution in [3.8, 4) is 0 Å². The van der Waals surface area contributed by atoms with Crippen LogP contribution in [0.1, 0.15) is 11.4 Å². The zero-order valence-electron chi connectivity index (χ0n) is 15.5. The molecule has 3 aromatic rings. The minimum atomic E-state index is -2.67. The van der Waals surface area contributed by atoms with Crippen LogP contribution in [0, 0.1) is 5.95 Å². The van der Waals surface area contributed by atoms with Crippen molar-refractivity contribution in [2.45, 2.75) is 25.4 Å². The second-order valence-electron chi connectivity index (χ2n) is 6.99. The number of halogens is 5. The molecule has 4 rings (SSSR count). The number of pyridine rings is 1. The number of hydrogen-bond acceptors (Lipinski definition) is 3. The predicted octanol–water partition coefficient (Wildman–Crippen LogP) is 4.52. The van der Waals surface area contributed by atoms with Gasteiger partial charge in [0.2, 0.25) is 5.95 Å². The van der Waals surface area contributed by atoms with E-state index < -0.39 is 31.0 Å². The molecular weight excluding hydrogens is 442 g/mol. The molecule has 11 heteroatoms. The molecule has 1 fully saturated rings. The average molecular weight is 458 g/mol. The normalized spacial score (nSPS) is 17.0. The quantitative estimate of drug-likeness (QED) is 0.553. The number of carbonyl (C=O) groups excluding carboxylic acids is 1. The van der Waals surface area contributed by atoms with E-state index in [0.29, 0.717) is 33.4 Å². The van der Waals surface area contributed by atoms with Gasteiger partial charge in [0, 0.05) is 16.6 Å². The van der Waals surface area contributed by atoms with Crippen LogP contribution in [0.15, 0.2) is 30.3 Å². The number of amides is 2. The first-order valence-corrected chi connectivity index (χ1v) is 9.84. The van der Waals surface area contributed by atoms with Crippen molar-refractivity contribution in [2.75, 3.05) is 13.1 Å². The fourth-order valence-corrected chi connectivity index (χ4v) is 4.05. The number of fused-ring (bicyclic) bond motifs is 1. The number of imidazole rings is 1. The molecule has 0 bridgehead atoms. The molecule has 1 saturated heterocycles. The van der Waals surface area contributed by atoms with Crippen molar-refractivity contribution in [2.24, 2.45) is 0 Å². The maximum Gasteiger partial charge on any atom is 0.321 e. The number of benzene rings is 1. The van der Waals surface area contributed by atoms with Crippen molar-refractivity contribution in [1.29, 1.82) is 0 Å². The first kappa shape index (κ1) is 20.7. The van der Waals surface area contributed by atoms with Gasteiger partial charge >= 0.3 is 6.03 Å². The van der Waals surface area contributed by atoms with Gasteiger partial charge in [-0.2, -0.15) is 9.37 Å². The Morgan fingerprint density at radius 1 is 1.20 bits per heavy atom. The third-order valence-electron chi connectivity index (χ3n) is 4.90. The molecule has 6 nitrogen and oxygen atoms in total. The van der Waals surface area contributed by atoms with Gasteiger partial charge in [0.1, 0.15) is 5.82 Å². The molecule has 1 unspecified atom stereocenters. The van der Waals surface area contributed by atoms with Gasteiger partial charge in [-0.1, -0.05) is 29.3 Å². The van der Waals surface area contributed by atoms with Crippen molar-refractivity contribution < 1.29 is 18.0 Å². The Hall–Kier alpha value is -2.52. The Morgan fingerprint density at radius 3 is 2.73 bits per heavy atom. The Kier molecular flexibility index (Phi) is 5.75. The fourth-order valence-electron chi connectivity index (χ4n) is 3.57. The standard InChI is InChI=1S/C19H16Cl2F3N5O/c20-11-2-1-10(13(21)6-11)5-12-7-28(19(30)29(12)8-15(22)23)9-17-25-14-3-4-16(24)26-18(14)27-17/h1-4,6,12,15H,5,7-9H2,(H,25,26,27). The van der Waals surface area contributed by atoms with Crippen LogP contribution >= 0.6 is 23.2 Å². The summed E-state index contributed by atoms with van der Waals surface area (Å²) < 4.78 is 39.5. The van der Waals surface area contributed by atoms with Crippen LogP contribution in [0.4, 0.5) is 18.0 Å². The molecule has 0 spiro atoms. The molecule has 1 aliphatic heterocycles. The predicted molar refractivity (Wildman–Crippen MR) is 106 cm³/mol. The number of alkyl halides is 2. The molecule has 0 saturated carbocycles. The molecule has 2 aromatic heterocycles. The summed E-state index contributed by atoms with van der Waals surface area (Å²) in [6, 6.07) is 6.63. The number of carbonyl (C=O) groups is 1. The highest BCUT2D eigenvalue weighted by Gasteiger charge is 2.39. The van der Waals surface area contributed by atoms with E-state index in [1.165, 1.54) is 17.0 Å². The number of aromatic amines is 1. The lowest BCUT2D eigenvalue weighted by molar-refractivity contribution is 0.0928. The molecule has 158 valence electrons. The number of hydrogen-bond donors (Lipinski definition) is 1. The maximum atomic E-state index is 13.3. The third-order valence-corrected chi connectivity index (χ3v) is 5.48. The van der Waals surface area contributed by atoms with Crippen LogP contribution in [0.25, 0.3) is 11.2 Å². The van der Waals surface area contributed by atoms with Gasteiger partial charge in [0.25, 0.3) is 6.43 Å². The molecule has 1 aliphatic rings. The van der Waals surface area contributed by atoms with Gasteiger partial charge in [0.05, 0.1) is 24.6 Å². The molecule has 0 aliphatic carbocycles. The molecule has 1 aromatic carbocycles. The van der Waals surface area contributed by atoms with Crippen molar-refractivity contribution in [3.63, 3.8) is 0 Å². The van der Waals surface area contributed by atoms with E-state index in [2.05, 4.69) is 15.0 Å². The van der Waals surface area contributed by atoms with Gasteiger partial charge in [-0.3, -0.25) is 0 Å². The summed E-state index contributed by atoms with van der Waals surface area (Å²) in [5.41, 5.74) is 1.42. The molecule has 3 heterocycles. The van der Waals surface area contributed by atoms with Gasteiger partial charge in [-0.05, 0) is 36.2 Å². The highest BCUT2D eigenvalue weighted by Crippen LogP contribution is 2.27. The van der Waals surface area contributed by atoms with Crippen molar-refractivity contribution in [1.82, 2.24) is 24.8 Å². The van der Waals surface area contributed by atoms with Gasteiger partial charge in [-0.15, -0.1) is 0 Å². The third kappa shape index (κ3) is 4.32. The highest BCUT2D eigenvalue weighted by molar-refractivity contribution is 6.35. The lowest BCUT2D eigenvalue weighted by atomic mass is 10.1. The minimum absolute atomic E-state index is 0.0569. The summed E-state index contributed by atoms with van der Waals surface area (Å²) >= 11 is 12.1. The summed E-state index contributed by atoms with van der Waals surface area (Å²) in [6.45, 7) is -0.414. The number of urea groups is 1. The van der Waals surface area contributed by atoms with E-state index in [0.717, 1.165) is 4.90 Å². The minimum Gasteiger partial charge on any atom is -0.339 e. The van der Waals surface area contributed by atoms with E-state index >= 15 is 0 Å². The van der Waals surface area contributed by atoms with Crippen molar-refractivity contribution in [3.05, 3.63) is 57.7 Å². The van der Waals surface area contributed by atoms with E-state index in [1.54, 1.807) is 18.2 Å². The average Bonchev–Trinajstić information content (AvgIpc) is 3.19. The Labute approximate surface area is 179 Å². The summed E-state index contributed by atoms with van der Waals surface area (Å²) in [5, 5.41) is 0.878. The number of nitrogens with zero attached hydrogens (tertiary/aromatic N) is 4. The van der Waals surface area contributed by atoms with Gasteiger partial charge in [-0.25, -0.2) is 18.6 Å². The number of nitrogens with one attached hydrogen (secondary N) is 1. The maximum absolute atomic E-state index is 13.3. The Balaban J connectivity index is 1.55. The Bertz CT molecular complexity index is 1090. The molecule has 1 N–H and O–H groups in total. The van der Waals surface area contributed by atoms with Crippen LogP contribution in [0.5, 0.6) is 0 Å². The zero-order valence-corrected chi connectivity index (χ0v) is 17.0. The summed E-state index contributed by atoms with van der Waals surface area (Å²) in [6.07, 6.45) is -2.37. The molecule has 0 radical (unpaired) electrons. The van der Waals surface area contributed by atoms with E-state index in [4.69, 9.17) is 23.2 Å². The van der Waals surface area contributed by atoms with Crippen LogP contribution in [0.3, 0.4) is 0 Å². The van der Waals surface area contributed by atoms with E-state index in [-0.39, 0.29) is 18.7 Å². The largest absolute Gasteiger partial charge is 0.339 e.